The van der Waals surface area contributed by atoms with E-state index >= 15 is 0 Å². The molecule has 1 aliphatic heterocycles. The lowest BCUT2D eigenvalue weighted by atomic mass is 9.72. The molecule has 1 saturated heterocycles. The number of nitrogens with one attached hydrogen (secondary N) is 3. The van der Waals surface area contributed by atoms with Gasteiger partial charge in [0.25, 0.3) is 0 Å². The second-order valence-electron chi connectivity index (χ2n) is 14.3. The van der Waals surface area contributed by atoms with Gasteiger partial charge in [-0.15, -0.1) is 0 Å². The molecule has 0 spiro atoms. The number of hydrogen-bond acceptors (Lipinski definition) is 5. The molecule has 44 heavy (non-hydrogen) atoms. The Morgan fingerprint density at radius 2 is 1.45 bits per heavy atom. The van der Waals surface area contributed by atoms with Crippen LogP contribution in [0, 0.1) is 11.3 Å². The van der Waals surface area contributed by atoms with Crippen LogP contribution < -0.4 is 16.0 Å². The zero-order chi connectivity index (χ0) is 32.6. The zero-order valence-corrected chi connectivity index (χ0v) is 28.7. The van der Waals surface area contributed by atoms with Crippen LogP contribution in [0.25, 0.3) is 0 Å². The predicted molar refractivity (Wildman–Crippen MR) is 175 cm³/mol. The molecule has 2 aliphatic rings. The van der Waals surface area contributed by atoms with Gasteiger partial charge in [0.1, 0.15) is 6.10 Å². The summed E-state index contributed by atoms with van der Waals surface area (Å²) in [5, 5.41) is 19.1. The first-order valence-electron chi connectivity index (χ1n) is 17.4. The Labute approximate surface area is 267 Å². The van der Waals surface area contributed by atoms with E-state index in [0.717, 1.165) is 37.8 Å². The minimum Gasteiger partial charge on any atom is -0.481 e. The van der Waals surface area contributed by atoms with Crippen LogP contribution in [0.4, 0.5) is 4.79 Å². The number of ether oxygens (including phenoxy) is 2. The van der Waals surface area contributed by atoms with Gasteiger partial charge in [-0.05, 0) is 46.5 Å². The molecule has 0 aromatic heterocycles. The van der Waals surface area contributed by atoms with Crippen LogP contribution in [0.15, 0.2) is 11.8 Å². The Hall–Kier alpha value is -2.13. The highest BCUT2D eigenvalue weighted by atomic mass is 16.7. The van der Waals surface area contributed by atoms with Crippen molar-refractivity contribution in [3.8, 4) is 0 Å². The second kappa shape index (κ2) is 18.7. The summed E-state index contributed by atoms with van der Waals surface area (Å²) in [6.45, 7) is 11.7. The van der Waals surface area contributed by atoms with E-state index in [-0.39, 0.29) is 12.5 Å². The Morgan fingerprint density at radius 3 is 2.02 bits per heavy atom. The lowest BCUT2D eigenvalue weighted by Crippen LogP contribution is -2.62. The van der Waals surface area contributed by atoms with Crippen LogP contribution >= 0.6 is 0 Å². The molecule has 3 amide bonds. The van der Waals surface area contributed by atoms with Gasteiger partial charge in [0, 0.05) is 17.7 Å². The molecule has 1 saturated carbocycles. The first kappa shape index (κ1) is 38.1. The maximum absolute atomic E-state index is 13.2. The first-order valence-corrected chi connectivity index (χ1v) is 17.4. The van der Waals surface area contributed by atoms with Gasteiger partial charge >= 0.3 is 12.0 Å². The van der Waals surface area contributed by atoms with Crippen molar-refractivity contribution < 1.29 is 29.0 Å². The largest absolute Gasteiger partial charge is 0.481 e. The fourth-order valence-electron chi connectivity index (χ4n) is 6.49. The lowest BCUT2D eigenvalue weighted by molar-refractivity contribution is -0.304. The molecule has 2 rings (SSSR count). The quantitative estimate of drug-likeness (QED) is 0.110. The average molecular weight is 622 g/mol. The van der Waals surface area contributed by atoms with Gasteiger partial charge < -0.3 is 30.5 Å². The number of aliphatic carboxylic acids is 1. The maximum atomic E-state index is 13.2. The van der Waals surface area contributed by atoms with E-state index in [2.05, 4.69) is 22.9 Å². The fraction of sp³-hybridized carbons (Fsp3) is 0.857. The molecule has 0 radical (unpaired) electrons. The van der Waals surface area contributed by atoms with Gasteiger partial charge in [0.15, 0.2) is 5.79 Å². The van der Waals surface area contributed by atoms with Gasteiger partial charge in [-0.1, -0.05) is 110 Å². The third-order valence-corrected chi connectivity index (χ3v) is 9.26. The standard InChI is InChI=1S/C35H63N3O6/c1-7-8-9-10-11-12-13-14-15-16-17-19-22-27(2)37-32(42)38-35(23-20-18-21-24-35)28(31(40)41)25-36-30(39)29-33(3,4)26-43-34(5,6)44-29/h22,28-29H,7-21,23-26H2,1-6H3,(H,36,39)(H,40,41)(H2,37,38,42)/b27-22+. The topological polar surface area (TPSA) is 126 Å². The number of carboxylic acid groups (broad SMARTS) is 1. The van der Waals surface area contributed by atoms with E-state index < -0.39 is 40.8 Å². The van der Waals surface area contributed by atoms with Gasteiger partial charge in [0.2, 0.25) is 5.91 Å². The summed E-state index contributed by atoms with van der Waals surface area (Å²) in [5.41, 5.74) is -0.762. The van der Waals surface area contributed by atoms with Gasteiger partial charge in [0.05, 0.1) is 18.1 Å². The number of allylic oxidation sites excluding steroid dienone is 2. The number of carbonyl (C=O) groups excluding carboxylic acids is 2. The third kappa shape index (κ3) is 13.1. The number of carbonyl (C=O) groups is 3. The zero-order valence-electron chi connectivity index (χ0n) is 28.7. The molecule has 2 fully saturated rings. The molecule has 9 nitrogen and oxygen atoms in total. The molecular formula is C35H63N3O6. The van der Waals surface area contributed by atoms with E-state index in [9.17, 15) is 19.5 Å². The number of amides is 3. The predicted octanol–water partition coefficient (Wildman–Crippen LogP) is 7.59. The summed E-state index contributed by atoms with van der Waals surface area (Å²) in [4.78, 5) is 39.0. The summed E-state index contributed by atoms with van der Waals surface area (Å²) in [7, 11) is 0. The third-order valence-electron chi connectivity index (χ3n) is 9.26. The van der Waals surface area contributed by atoms with Crippen molar-refractivity contribution in [2.24, 2.45) is 11.3 Å². The van der Waals surface area contributed by atoms with Gasteiger partial charge in [-0.2, -0.15) is 0 Å². The normalized spacial score (nSPS) is 21.7. The van der Waals surface area contributed by atoms with Crippen LogP contribution in [0.5, 0.6) is 0 Å². The van der Waals surface area contributed by atoms with Crippen molar-refractivity contribution in [3.05, 3.63) is 11.8 Å². The van der Waals surface area contributed by atoms with E-state index in [0.29, 0.717) is 19.4 Å². The monoisotopic (exact) mass is 621 g/mol. The van der Waals surface area contributed by atoms with E-state index in [4.69, 9.17) is 9.47 Å². The van der Waals surface area contributed by atoms with Crippen molar-refractivity contribution in [2.45, 2.75) is 168 Å². The Kier molecular flexibility index (Phi) is 16.2. The van der Waals surface area contributed by atoms with Crippen molar-refractivity contribution in [1.29, 1.82) is 0 Å². The Balaban J connectivity index is 1.86. The van der Waals surface area contributed by atoms with Crippen molar-refractivity contribution in [2.75, 3.05) is 13.2 Å². The van der Waals surface area contributed by atoms with E-state index in [1.165, 1.54) is 64.2 Å². The summed E-state index contributed by atoms with van der Waals surface area (Å²) in [5.74, 6) is -3.29. The van der Waals surface area contributed by atoms with Gasteiger partial charge in [-0.25, -0.2) is 4.79 Å². The number of unbranched alkanes of at least 4 members (excludes halogenated alkanes) is 11. The highest BCUT2D eigenvalue weighted by Crippen LogP contribution is 2.37. The number of carboxylic acids is 1. The summed E-state index contributed by atoms with van der Waals surface area (Å²) in [6.07, 6.45) is 20.1. The van der Waals surface area contributed by atoms with Gasteiger partial charge in [-0.3, -0.25) is 9.59 Å². The Morgan fingerprint density at radius 1 is 0.886 bits per heavy atom. The van der Waals surface area contributed by atoms with Crippen LogP contribution in [0.3, 0.4) is 0 Å². The van der Waals surface area contributed by atoms with Crippen molar-refractivity contribution >= 4 is 17.9 Å². The molecule has 2 unspecified atom stereocenters. The first-order chi connectivity index (χ1) is 20.8. The average Bonchev–Trinajstić information content (AvgIpc) is 2.95. The van der Waals surface area contributed by atoms with E-state index in [1.807, 2.05) is 26.8 Å². The molecule has 1 aliphatic carbocycles. The van der Waals surface area contributed by atoms with E-state index in [1.54, 1.807) is 13.8 Å². The lowest BCUT2D eigenvalue weighted by Gasteiger charge is -2.45. The highest BCUT2D eigenvalue weighted by Gasteiger charge is 2.48. The molecule has 0 bridgehead atoms. The van der Waals surface area contributed by atoms with Crippen molar-refractivity contribution in [3.63, 3.8) is 0 Å². The fourth-order valence-corrected chi connectivity index (χ4v) is 6.49. The highest BCUT2D eigenvalue weighted by molar-refractivity contribution is 5.83. The van der Waals surface area contributed by atoms with Crippen LogP contribution in [0.2, 0.25) is 0 Å². The molecule has 0 aromatic rings. The molecule has 4 N–H and O–H groups in total. The van der Waals surface area contributed by atoms with Crippen molar-refractivity contribution in [1.82, 2.24) is 16.0 Å². The van der Waals surface area contributed by atoms with Crippen LogP contribution in [-0.4, -0.2) is 53.6 Å². The molecule has 2 atom stereocenters. The second-order valence-corrected chi connectivity index (χ2v) is 14.3. The maximum Gasteiger partial charge on any atom is 0.319 e. The number of hydrogen-bond donors (Lipinski definition) is 4. The molecule has 254 valence electrons. The smallest absolute Gasteiger partial charge is 0.319 e. The summed E-state index contributed by atoms with van der Waals surface area (Å²) >= 11 is 0. The molecule has 1 heterocycles. The number of urea groups is 1. The molecule has 9 heteroatoms. The minimum atomic E-state index is -1.04. The number of rotatable bonds is 19. The SMILES string of the molecule is CCCCCCCCCCCCC/C=C(\C)NC(=O)NC1(C(CNC(=O)C2OC(C)(C)OCC2(C)C)C(=O)O)CCCCC1. The minimum absolute atomic E-state index is 0.0979. The molecule has 0 aromatic carbocycles. The summed E-state index contributed by atoms with van der Waals surface area (Å²) in [6, 6.07) is -0.396. The molecular weight excluding hydrogens is 558 g/mol. The van der Waals surface area contributed by atoms with Crippen LogP contribution in [0.1, 0.15) is 151 Å². The van der Waals surface area contributed by atoms with Crippen LogP contribution in [-0.2, 0) is 19.1 Å². The Bertz CT molecular complexity index is 925. The summed E-state index contributed by atoms with van der Waals surface area (Å²) < 4.78 is 11.7.